The fraction of sp³-hybridized carbons (Fsp3) is 0.150. The van der Waals surface area contributed by atoms with E-state index in [4.69, 9.17) is 1.37 Å². The molecule has 0 N–H and O–H groups in total. The van der Waals surface area contributed by atoms with Crippen molar-refractivity contribution in [2.24, 2.45) is 7.05 Å². The third kappa shape index (κ3) is 1.70. The molecule has 4 rings (SSSR count). The van der Waals surface area contributed by atoms with Gasteiger partial charge in [0.25, 0.3) is 5.82 Å². The van der Waals surface area contributed by atoms with Gasteiger partial charge in [-0.3, -0.25) is 0 Å². The second-order valence-corrected chi connectivity index (χ2v) is 5.83. The third-order valence-electron chi connectivity index (χ3n) is 4.54. The summed E-state index contributed by atoms with van der Waals surface area (Å²) in [6, 6.07) is 18.7. The third-order valence-corrected chi connectivity index (χ3v) is 4.54. The van der Waals surface area contributed by atoms with Gasteiger partial charge < -0.3 is 0 Å². The molecule has 2 aromatic heterocycles. The van der Waals surface area contributed by atoms with E-state index in [1.54, 1.807) is 0 Å². The number of pyridine rings is 1. The fourth-order valence-electron chi connectivity index (χ4n) is 3.25. The molecule has 2 aromatic carbocycles. The summed E-state index contributed by atoms with van der Waals surface area (Å²) in [5.74, 6) is 1.01. The summed E-state index contributed by atoms with van der Waals surface area (Å²) >= 11 is 0. The molecule has 2 nitrogen and oxygen atoms in total. The Hall–Kier alpha value is -2.61. The van der Waals surface area contributed by atoms with Gasteiger partial charge in [0.05, 0.1) is 13.2 Å². The quantitative estimate of drug-likeness (QED) is 0.464. The molecule has 2 heterocycles. The average molecular weight is 288 g/mol. The number of benzene rings is 2. The lowest BCUT2D eigenvalue weighted by Gasteiger charge is -2.06. The Kier molecular flexibility index (Phi) is 2.56. The highest BCUT2D eigenvalue weighted by Crippen LogP contribution is 2.33. The highest BCUT2D eigenvalue weighted by Gasteiger charge is 2.22. The minimum absolute atomic E-state index is 0.499. The fourth-order valence-corrected chi connectivity index (χ4v) is 3.25. The summed E-state index contributed by atoms with van der Waals surface area (Å²) in [6.45, 7) is 4.33. The smallest absolute Gasteiger partial charge is 0.237 e. The number of para-hydroxylation sites is 1. The Morgan fingerprint density at radius 1 is 0.909 bits per heavy atom. The largest absolute Gasteiger partial charge is 0.286 e. The Morgan fingerprint density at radius 3 is 2.55 bits per heavy atom. The van der Waals surface area contributed by atoms with Gasteiger partial charge in [-0.1, -0.05) is 24.3 Å². The predicted octanol–water partition coefficient (Wildman–Crippen LogP) is 4.23. The van der Waals surface area contributed by atoms with Crippen molar-refractivity contribution in [3.05, 3.63) is 71.9 Å². The zero-order valence-corrected chi connectivity index (χ0v) is 13.1. The van der Waals surface area contributed by atoms with Crippen LogP contribution in [-0.4, -0.2) is 4.57 Å². The van der Waals surface area contributed by atoms with E-state index in [9.17, 15) is 0 Å². The number of hydrogen-bond donors (Lipinski definition) is 0. The maximum atomic E-state index is 8.12. The van der Waals surface area contributed by atoms with E-state index in [-0.39, 0.29) is 0 Å². The van der Waals surface area contributed by atoms with Gasteiger partial charge in [-0.15, -0.1) is 0 Å². The van der Waals surface area contributed by atoms with E-state index in [2.05, 4.69) is 60.9 Å². The maximum absolute atomic E-state index is 8.12. The summed E-state index contributed by atoms with van der Waals surface area (Å²) < 4.78 is 12.3. The summed E-state index contributed by atoms with van der Waals surface area (Å²) in [4.78, 5) is 0. The van der Waals surface area contributed by atoms with Gasteiger partial charge in [0.15, 0.2) is 0 Å². The van der Waals surface area contributed by atoms with Crippen molar-refractivity contribution in [2.45, 2.75) is 13.8 Å². The van der Waals surface area contributed by atoms with Crippen LogP contribution in [0.4, 0.5) is 0 Å². The van der Waals surface area contributed by atoms with Crippen LogP contribution < -0.4 is 4.57 Å². The Morgan fingerprint density at radius 2 is 1.68 bits per heavy atom. The molecule has 0 bridgehead atoms. The minimum atomic E-state index is 0.499. The second kappa shape index (κ2) is 4.70. The molecule has 0 saturated carbocycles. The highest BCUT2D eigenvalue weighted by atomic mass is 15.1. The second-order valence-electron chi connectivity index (χ2n) is 5.83. The molecule has 2 heteroatoms. The molecule has 0 unspecified atom stereocenters. The van der Waals surface area contributed by atoms with Gasteiger partial charge in [-0.2, -0.15) is 4.57 Å². The van der Waals surface area contributed by atoms with Crippen LogP contribution in [0.25, 0.3) is 27.6 Å². The predicted molar refractivity (Wildman–Crippen MR) is 91.4 cm³/mol. The molecule has 0 spiro atoms. The normalized spacial score (nSPS) is 12.0. The van der Waals surface area contributed by atoms with Gasteiger partial charge >= 0.3 is 0 Å². The first kappa shape index (κ1) is 12.0. The number of aromatic nitrogens is 2. The summed E-state index contributed by atoms with van der Waals surface area (Å²) in [5, 5.41) is 2.51. The molecular formula is C20H19N2+. The first-order valence-corrected chi connectivity index (χ1v) is 7.55. The standard InChI is InChI=1S/C20H19N2/c1-14-11-12-17-16-8-4-5-9-18(16)22(20(17)15(14)2)19-10-6-7-13-21(19)3/h4-13H,1-3H3/q+1/i13D. The first-order chi connectivity index (χ1) is 11.1. The van der Waals surface area contributed by atoms with E-state index < -0.39 is 0 Å². The molecular weight excluding hydrogens is 268 g/mol. The average Bonchev–Trinajstić information content (AvgIpc) is 2.89. The van der Waals surface area contributed by atoms with Crippen molar-refractivity contribution in [1.82, 2.24) is 4.57 Å². The summed E-state index contributed by atoms with van der Waals surface area (Å²) in [5.41, 5.74) is 4.98. The van der Waals surface area contributed by atoms with E-state index in [0.29, 0.717) is 6.17 Å². The molecule has 0 saturated heterocycles. The van der Waals surface area contributed by atoms with Gasteiger partial charge in [0, 0.05) is 16.8 Å². The van der Waals surface area contributed by atoms with Gasteiger partial charge in [0.1, 0.15) is 12.4 Å². The number of aryl methyl sites for hydroxylation is 2. The molecule has 0 aliphatic rings. The Labute approximate surface area is 131 Å². The highest BCUT2D eigenvalue weighted by molar-refractivity contribution is 6.10. The molecule has 4 aromatic rings. The van der Waals surface area contributed by atoms with Gasteiger partial charge in [0.2, 0.25) is 0 Å². The number of fused-ring (bicyclic) bond motifs is 3. The van der Waals surface area contributed by atoms with Crippen LogP contribution in [0.2, 0.25) is 0 Å². The van der Waals surface area contributed by atoms with E-state index in [0.717, 1.165) is 5.82 Å². The van der Waals surface area contributed by atoms with Crippen LogP contribution in [-0.2, 0) is 7.05 Å². The van der Waals surface area contributed by atoms with Crippen molar-refractivity contribution < 1.29 is 5.94 Å². The van der Waals surface area contributed by atoms with Crippen LogP contribution in [0.1, 0.15) is 12.5 Å². The van der Waals surface area contributed by atoms with Crippen LogP contribution >= 0.6 is 0 Å². The van der Waals surface area contributed by atoms with Crippen molar-refractivity contribution in [3.63, 3.8) is 0 Å². The van der Waals surface area contributed by atoms with Gasteiger partial charge in [-0.05, 0) is 49.2 Å². The van der Waals surface area contributed by atoms with Crippen molar-refractivity contribution in [2.75, 3.05) is 0 Å². The lowest BCUT2D eigenvalue weighted by molar-refractivity contribution is -0.665. The maximum Gasteiger partial charge on any atom is 0.286 e. The van der Waals surface area contributed by atoms with Crippen LogP contribution in [0.15, 0.2) is 60.8 Å². The van der Waals surface area contributed by atoms with Crippen LogP contribution in [0, 0.1) is 13.8 Å². The molecule has 108 valence electrons. The summed E-state index contributed by atoms with van der Waals surface area (Å²) in [6.07, 6.45) is 0.499. The SMILES string of the molecule is [2H]c1cccc(-n2c3ccccc3c3ccc(C)c(C)c32)[n+]1C. The summed E-state index contributed by atoms with van der Waals surface area (Å²) in [7, 11) is 1.95. The number of nitrogens with zero attached hydrogens (tertiary/aromatic N) is 2. The van der Waals surface area contributed by atoms with Gasteiger partial charge in [-0.25, -0.2) is 4.57 Å². The number of hydrogen-bond acceptors (Lipinski definition) is 0. The van der Waals surface area contributed by atoms with Crippen molar-refractivity contribution >= 4 is 21.8 Å². The lowest BCUT2D eigenvalue weighted by Crippen LogP contribution is -2.33. The van der Waals surface area contributed by atoms with E-state index >= 15 is 0 Å². The van der Waals surface area contributed by atoms with E-state index in [1.807, 2.05) is 23.7 Å². The van der Waals surface area contributed by atoms with Crippen molar-refractivity contribution in [1.29, 1.82) is 0 Å². The molecule has 0 amide bonds. The Balaban J connectivity index is 2.28. The van der Waals surface area contributed by atoms with Crippen LogP contribution in [0.5, 0.6) is 0 Å². The lowest BCUT2D eigenvalue weighted by atomic mass is 10.1. The Bertz CT molecular complexity index is 1060. The minimum Gasteiger partial charge on any atom is -0.237 e. The zero-order valence-electron chi connectivity index (χ0n) is 14.1. The molecule has 0 aliphatic carbocycles. The molecule has 0 atom stereocenters. The van der Waals surface area contributed by atoms with Crippen molar-refractivity contribution in [3.8, 4) is 5.82 Å². The first-order valence-electron chi connectivity index (χ1n) is 8.05. The zero-order chi connectivity index (χ0) is 16.1. The van der Waals surface area contributed by atoms with E-state index in [1.165, 1.54) is 32.9 Å². The number of rotatable bonds is 1. The molecule has 0 radical (unpaired) electrons. The monoisotopic (exact) mass is 288 g/mol. The van der Waals surface area contributed by atoms with Crippen LogP contribution in [0.3, 0.4) is 0 Å². The molecule has 22 heavy (non-hydrogen) atoms. The topological polar surface area (TPSA) is 8.81 Å². The molecule has 0 aliphatic heterocycles. The molecule has 0 fully saturated rings.